The molecule has 0 saturated heterocycles. The van der Waals surface area contributed by atoms with Gasteiger partial charge in [0.05, 0.1) is 23.6 Å². The fourth-order valence-electron chi connectivity index (χ4n) is 2.46. The highest BCUT2D eigenvalue weighted by atomic mass is 15.3. The summed E-state index contributed by atoms with van der Waals surface area (Å²) in [6.45, 7) is 9.31. The monoisotopic (exact) mass is 257 g/mol. The Balaban J connectivity index is 2.40. The van der Waals surface area contributed by atoms with Gasteiger partial charge >= 0.3 is 0 Å². The summed E-state index contributed by atoms with van der Waals surface area (Å²) in [5, 5.41) is 4.66. The van der Waals surface area contributed by atoms with Gasteiger partial charge in [-0.25, -0.2) is 0 Å². The van der Waals surface area contributed by atoms with Gasteiger partial charge in [-0.15, -0.1) is 0 Å². The van der Waals surface area contributed by atoms with E-state index in [-0.39, 0.29) is 0 Å². The van der Waals surface area contributed by atoms with Crippen molar-refractivity contribution < 1.29 is 0 Å². The van der Waals surface area contributed by atoms with Crippen LogP contribution in [0.1, 0.15) is 41.9 Å². The summed E-state index contributed by atoms with van der Waals surface area (Å²) < 4.78 is 2.07. The Hall–Kier alpha value is -1.77. The Morgan fingerprint density at radius 1 is 1.16 bits per heavy atom. The number of benzene rings is 1. The number of aromatic nitrogens is 2. The first-order valence-corrected chi connectivity index (χ1v) is 6.97. The SMILES string of the molecule is CCc1nn(Cc2cc(C)ccc2C)c(CC)c1N. The minimum absolute atomic E-state index is 0.806. The summed E-state index contributed by atoms with van der Waals surface area (Å²) in [4.78, 5) is 0. The third-order valence-corrected chi connectivity index (χ3v) is 3.67. The van der Waals surface area contributed by atoms with E-state index in [1.165, 1.54) is 16.7 Å². The van der Waals surface area contributed by atoms with Crippen molar-refractivity contribution in [2.45, 2.75) is 47.1 Å². The van der Waals surface area contributed by atoms with Crippen molar-refractivity contribution in [1.29, 1.82) is 0 Å². The van der Waals surface area contributed by atoms with Crippen LogP contribution in [-0.4, -0.2) is 9.78 Å². The fourth-order valence-corrected chi connectivity index (χ4v) is 2.46. The number of aryl methyl sites for hydroxylation is 3. The standard InChI is InChI=1S/C16H23N3/c1-5-14-16(17)15(6-2)19(18-14)10-13-9-11(3)7-8-12(13)4/h7-9H,5-6,10,17H2,1-4H3. The zero-order valence-electron chi connectivity index (χ0n) is 12.3. The maximum absolute atomic E-state index is 6.16. The molecule has 3 heteroatoms. The fraction of sp³-hybridized carbons (Fsp3) is 0.438. The normalized spacial score (nSPS) is 10.9. The smallest absolute Gasteiger partial charge is 0.0854 e. The van der Waals surface area contributed by atoms with E-state index < -0.39 is 0 Å². The molecule has 0 atom stereocenters. The Morgan fingerprint density at radius 3 is 2.53 bits per heavy atom. The van der Waals surface area contributed by atoms with Crippen LogP contribution in [0.15, 0.2) is 18.2 Å². The van der Waals surface area contributed by atoms with E-state index in [4.69, 9.17) is 5.73 Å². The van der Waals surface area contributed by atoms with Crippen LogP contribution in [0.4, 0.5) is 5.69 Å². The van der Waals surface area contributed by atoms with Crippen LogP contribution in [0.5, 0.6) is 0 Å². The van der Waals surface area contributed by atoms with Gasteiger partial charge in [0.1, 0.15) is 0 Å². The zero-order valence-corrected chi connectivity index (χ0v) is 12.3. The number of nitrogens with zero attached hydrogens (tertiary/aromatic N) is 2. The van der Waals surface area contributed by atoms with Crippen LogP contribution in [0, 0.1) is 13.8 Å². The van der Waals surface area contributed by atoms with E-state index in [9.17, 15) is 0 Å². The highest BCUT2D eigenvalue weighted by Gasteiger charge is 2.13. The molecule has 0 saturated carbocycles. The molecule has 0 amide bonds. The first-order valence-electron chi connectivity index (χ1n) is 6.97. The molecule has 2 rings (SSSR count). The molecule has 19 heavy (non-hydrogen) atoms. The Morgan fingerprint density at radius 2 is 1.89 bits per heavy atom. The summed E-state index contributed by atoms with van der Waals surface area (Å²) in [5.74, 6) is 0. The van der Waals surface area contributed by atoms with Gasteiger partial charge in [0, 0.05) is 0 Å². The zero-order chi connectivity index (χ0) is 14.0. The molecule has 2 aromatic rings. The van der Waals surface area contributed by atoms with E-state index in [1.54, 1.807) is 0 Å². The van der Waals surface area contributed by atoms with Gasteiger partial charge in [-0.3, -0.25) is 4.68 Å². The second kappa shape index (κ2) is 5.47. The Labute approximate surface area is 115 Å². The molecule has 0 aliphatic heterocycles. The summed E-state index contributed by atoms with van der Waals surface area (Å²) in [6, 6.07) is 6.55. The maximum Gasteiger partial charge on any atom is 0.0854 e. The molecule has 1 aromatic carbocycles. The Bertz CT molecular complexity index is 582. The third-order valence-electron chi connectivity index (χ3n) is 3.67. The lowest BCUT2D eigenvalue weighted by Crippen LogP contribution is -2.08. The predicted molar refractivity (Wildman–Crippen MR) is 80.4 cm³/mol. The first-order chi connectivity index (χ1) is 9.06. The molecule has 0 bridgehead atoms. The van der Waals surface area contributed by atoms with Gasteiger partial charge in [0.25, 0.3) is 0 Å². The van der Waals surface area contributed by atoms with E-state index >= 15 is 0 Å². The van der Waals surface area contributed by atoms with E-state index in [2.05, 4.69) is 55.7 Å². The van der Waals surface area contributed by atoms with Crippen molar-refractivity contribution >= 4 is 5.69 Å². The van der Waals surface area contributed by atoms with Crippen molar-refractivity contribution in [3.05, 3.63) is 46.3 Å². The van der Waals surface area contributed by atoms with Crippen LogP contribution >= 0.6 is 0 Å². The predicted octanol–water partition coefficient (Wildman–Crippen LogP) is 3.26. The minimum atomic E-state index is 0.806. The largest absolute Gasteiger partial charge is 0.396 e. The lowest BCUT2D eigenvalue weighted by molar-refractivity contribution is 0.638. The molecule has 0 spiro atoms. The summed E-state index contributed by atoms with van der Waals surface area (Å²) >= 11 is 0. The number of hydrogen-bond donors (Lipinski definition) is 1. The average molecular weight is 257 g/mol. The number of nitrogen functional groups attached to an aromatic ring is 1. The quantitative estimate of drug-likeness (QED) is 0.913. The molecule has 1 aromatic heterocycles. The molecular weight excluding hydrogens is 234 g/mol. The lowest BCUT2D eigenvalue weighted by Gasteiger charge is -2.10. The van der Waals surface area contributed by atoms with Crippen LogP contribution in [-0.2, 0) is 19.4 Å². The van der Waals surface area contributed by atoms with Crippen LogP contribution in [0.25, 0.3) is 0 Å². The van der Waals surface area contributed by atoms with Gasteiger partial charge in [0.15, 0.2) is 0 Å². The summed E-state index contributed by atoms with van der Waals surface area (Å²) in [5.41, 5.74) is 13.1. The van der Waals surface area contributed by atoms with Crippen molar-refractivity contribution in [3.63, 3.8) is 0 Å². The van der Waals surface area contributed by atoms with Crippen LogP contribution in [0.3, 0.4) is 0 Å². The van der Waals surface area contributed by atoms with Crippen molar-refractivity contribution in [3.8, 4) is 0 Å². The number of rotatable bonds is 4. The van der Waals surface area contributed by atoms with E-state index in [1.807, 2.05) is 0 Å². The van der Waals surface area contributed by atoms with Crippen LogP contribution < -0.4 is 5.73 Å². The minimum Gasteiger partial charge on any atom is -0.396 e. The third kappa shape index (κ3) is 2.65. The second-order valence-corrected chi connectivity index (χ2v) is 5.10. The lowest BCUT2D eigenvalue weighted by atomic mass is 10.1. The highest BCUT2D eigenvalue weighted by molar-refractivity contribution is 5.48. The van der Waals surface area contributed by atoms with E-state index in [0.717, 1.165) is 36.5 Å². The summed E-state index contributed by atoms with van der Waals surface area (Å²) in [7, 11) is 0. The van der Waals surface area contributed by atoms with Crippen molar-refractivity contribution in [1.82, 2.24) is 9.78 Å². The van der Waals surface area contributed by atoms with Gasteiger partial charge < -0.3 is 5.73 Å². The van der Waals surface area contributed by atoms with Gasteiger partial charge in [-0.1, -0.05) is 37.6 Å². The van der Waals surface area contributed by atoms with Crippen LogP contribution in [0.2, 0.25) is 0 Å². The molecule has 2 N–H and O–H groups in total. The molecule has 0 radical (unpaired) electrons. The number of nitrogens with two attached hydrogens (primary N) is 1. The van der Waals surface area contributed by atoms with Crippen molar-refractivity contribution in [2.75, 3.05) is 5.73 Å². The second-order valence-electron chi connectivity index (χ2n) is 5.10. The molecule has 0 aliphatic carbocycles. The Kier molecular flexibility index (Phi) is 3.93. The molecule has 0 fully saturated rings. The highest BCUT2D eigenvalue weighted by Crippen LogP contribution is 2.21. The number of hydrogen-bond acceptors (Lipinski definition) is 2. The number of anilines is 1. The average Bonchev–Trinajstić information content (AvgIpc) is 2.69. The molecule has 102 valence electrons. The first kappa shape index (κ1) is 13.7. The molecule has 0 unspecified atom stereocenters. The summed E-state index contributed by atoms with van der Waals surface area (Å²) in [6.07, 6.45) is 1.81. The molecule has 1 heterocycles. The maximum atomic E-state index is 6.16. The molecule has 3 nitrogen and oxygen atoms in total. The van der Waals surface area contributed by atoms with E-state index in [0.29, 0.717) is 0 Å². The topological polar surface area (TPSA) is 43.8 Å². The van der Waals surface area contributed by atoms with Gasteiger partial charge in [-0.2, -0.15) is 5.10 Å². The molecule has 0 aliphatic rings. The van der Waals surface area contributed by atoms with Gasteiger partial charge in [0.2, 0.25) is 0 Å². The van der Waals surface area contributed by atoms with Crippen molar-refractivity contribution in [2.24, 2.45) is 0 Å². The molecular formula is C16H23N3. The van der Waals surface area contributed by atoms with Gasteiger partial charge in [-0.05, 0) is 37.8 Å².